The van der Waals surface area contributed by atoms with E-state index in [1.54, 1.807) is 32.9 Å². The monoisotopic (exact) mass is 292 g/mol. The second-order valence-electron chi connectivity index (χ2n) is 6.03. The van der Waals surface area contributed by atoms with Gasteiger partial charge in [-0.05, 0) is 32.9 Å². The van der Waals surface area contributed by atoms with E-state index in [0.717, 1.165) is 0 Å². The molecule has 6 nitrogen and oxygen atoms in total. The summed E-state index contributed by atoms with van der Waals surface area (Å²) in [7, 11) is 1.82. The van der Waals surface area contributed by atoms with Crippen molar-refractivity contribution in [3.63, 3.8) is 0 Å². The SMILES string of the molecule is CN1CCN(C(=O)OC(C)(C)C)c2cccc(C(=O)O)c21. The number of carbonyl (C=O) groups excluding carboxylic acids is 1. The number of fused-ring (bicyclic) bond motifs is 1. The molecule has 21 heavy (non-hydrogen) atoms. The fourth-order valence-electron chi connectivity index (χ4n) is 2.31. The molecular formula is C15H20N2O4. The topological polar surface area (TPSA) is 70.1 Å². The summed E-state index contributed by atoms with van der Waals surface area (Å²) in [4.78, 5) is 27.0. The van der Waals surface area contributed by atoms with Crippen LogP contribution in [0.25, 0.3) is 0 Å². The van der Waals surface area contributed by atoms with Gasteiger partial charge in [0.15, 0.2) is 0 Å². The number of carbonyl (C=O) groups is 2. The van der Waals surface area contributed by atoms with E-state index >= 15 is 0 Å². The van der Waals surface area contributed by atoms with Crippen molar-refractivity contribution in [1.29, 1.82) is 0 Å². The molecule has 0 unspecified atom stereocenters. The quantitative estimate of drug-likeness (QED) is 0.861. The summed E-state index contributed by atoms with van der Waals surface area (Å²) in [5.74, 6) is -1.01. The van der Waals surface area contributed by atoms with Gasteiger partial charge in [-0.3, -0.25) is 4.90 Å². The number of carboxylic acids is 1. The Bertz CT molecular complexity index is 578. The fraction of sp³-hybridized carbons (Fsp3) is 0.467. The minimum absolute atomic E-state index is 0.184. The van der Waals surface area contributed by atoms with Gasteiger partial charge < -0.3 is 14.7 Å². The molecule has 0 saturated carbocycles. The zero-order valence-electron chi connectivity index (χ0n) is 12.7. The summed E-state index contributed by atoms with van der Waals surface area (Å²) >= 11 is 0. The first-order valence-electron chi connectivity index (χ1n) is 6.78. The van der Waals surface area contributed by atoms with Crippen LogP contribution in [-0.2, 0) is 4.74 Å². The van der Waals surface area contributed by atoms with Crippen molar-refractivity contribution in [3.05, 3.63) is 23.8 Å². The molecule has 114 valence electrons. The number of nitrogens with zero attached hydrogens (tertiary/aromatic N) is 2. The Morgan fingerprint density at radius 2 is 1.90 bits per heavy atom. The molecule has 6 heteroatoms. The van der Waals surface area contributed by atoms with Crippen molar-refractivity contribution in [2.24, 2.45) is 0 Å². The van der Waals surface area contributed by atoms with E-state index in [-0.39, 0.29) is 5.56 Å². The van der Waals surface area contributed by atoms with E-state index < -0.39 is 17.7 Å². The van der Waals surface area contributed by atoms with Crippen LogP contribution >= 0.6 is 0 Å². The van der Waals surface area contributed by atoms with Crippen LogP contribution in [0.3, 0.4) is 0 Å². The number of amides is 1. The summed E-state index contributed by atoms with van der Waals surface area (Å²) in [6, 6.07) is 4.91. The second kappa shape index (κ2) is 5.27. The summed E-state index contributed by atoms with van der Waals surface area (Å²) in [6.45, 7) is 6.42. The minimum Gasteiger partial charge on any atom is -0.478 e. The fourth-order valence-corrected chi connectivity index (χ4v) is 2.31. The van der Waals surface area contributed by atoms with Gasteiger partial charge in [0.05, 0.1) is 16.9 Å². The molecule has 0 saturated heterocycles. The first kappa shape index (κ1) is 15.2. The molecular weight excluding hydrogens is 272 g/mol. The summed E-state index contributed by atoms with van der Waals surface area (Å²) in [5, 5.41) is 9.31. The smallest absolute Gasteiger partial charge is 0.414 e. The highest BCUT2D eigenvalue weighted by atomic mass is 16.6. The van der Waals surface area contributed by atoms with Crippen LogP contribution in [0.5, 0.6) is 0 Å². The third-order valence-corrected chi connectivity index (χ3v) is 3.19. The van der Waals surface area contributed by atoms with Gasteiger partial charge in [0.2, 0.25) is 0 Å². The molecule has 0 bridgehead atoms. The van der Waals surface area contributed by atoms with Crippen molar-refractivity contribution in [3.8, 4) is 0 Å². The van der Waals surface area contributed by atoms with Gasteiger partial charge in [0, 0.05) is 20.1 Å². The Kier molecular flexibility index (Phi) is 3.80. The standard InChI is InChI=1S/C15H20N2O4/c1-15(2,3)21-14(20)17-9-8-16(4)12-10(13(18)19)6-5-7-11(12)17/h5-7H,8-9H2,1-4H3,(H,18,19). The highest BCUT2D eigenvalue weighted by molar-refractivity contribution is 6.03. The van der Waals surface area contributed by atoms with Crippen LogP contribution in [0.2, 0.25) is 0 Å². The van der Waals surface area contributed by atoms with Gasteiger partial charge in [-0.15, -0.1) is 0 Å². The van der Waals surface area contributed by atoms with Crippen LogP contribution in [0, 0.1) is 0 Å². The lowest BCUT2D eigenvalue weighted by Gasteiger charge is -2.37. The average molecular weight is 292 g/mol. The number of likely N-dealkylation sites (N-methyl/N-ethyl adjacent to an activating group) is 1. The van der Waals surface area contributed by atoms with Crippen molar-refractivity contribution in [1.82, 2.24) is 0 Å². The molecule has 1 heterocycles. The highest BCUT2D eigenvalue weighted by Gasteiger charge is 2.31. The predicted octanol–water partition coefficient (Wildman–Crippen LogP) is 2.58. The Labute approximate surface area is 123 Å². The van der Waals surface area contributed by atoms with E-state index in [0.29, 0.717) is 24.5 Å². The molecule has 0 spiro atoms. The Balaban J connectivity index is 2.43. The maximum Gasteiger partial charge on any atom is 0.414 e. The van der Waals surface area contributed by atoms with Gasteiger partial charge in [-0.25, -0.2) is 9.59 Å². The molecule has 0 radical (unpaired) electrons. The molecule has 1 aromatic rings. The van der Waals surface area contributed by atoms with Gasteiger partial charge in [-0.1, -0.05) is 6.07 Å². The van der Waals surface area contributed by atoms with Crippen molar-refractivity contribution >= 4 is 23.4 Å². The van der Waals surface area contributed by atoms with Gasteiger partial charge in [-0.2, -0.15) is 0 Å². The Morgan fingerprint density at radius 1 is 1.24 bits per heavy atom. The molecule has 1 aliphatic rings. The number of ether oxygens (including phenoxy) is 1. The summed E-state index contributed by atoms with van der Waals surface area (Å²) in [5.41, 5.74) is 0.702. The third-order valence-electron chi connectivity index (χ3n) is 3.19. The number of benzene rings is 1. The number of anilines is 2. The maximum absolute atomic E-state index is 12.3. The van der Waals surface area contributed by atoms with Crippen molar-refractivity contribution < 1.29 is 19.4 Å². The van der Waals surface area contributed by atoms with E-state index in [2.05, 4.69) is 0 Å². The van der Waals surface area contributed by atoms with Crippen molar-refractivity contribution in [2.75, 3.05) is 29.9 Å². The van der Waals surface area contributed by atoms with E-state index in [9.17, 15) is 14.7 Å². The van der Waals surface area contributed by atoms with Crippen LogP contribution < -0.4 is 9.80 Å². The molecule has 1 aromatic carbocycles. The molecule has 0 fully saturated rings. The number of hydrogen-bond donors (Lipinski definition) is 1. The average Bonchev–Trinajstić information content (AvgIpc) is 2.36. The van der Waals surface area contributed by atoms with Crippen molar-refractivity contribution in [2.45, 2.75) is 26.4 Å². The zero-order valence-corrected chi connectivity index (χ0v) is 12.7. The molecule has 1 N–H and O–H groups in total. The highest BCUT2D eigenvalue weighted by Crippen LogP contribution is 2.36. The normalized spacial score (nSPS) is 14.7. The zero-order chi connectivity index (χ0) is 15.8. The number of hydrogen-bond acceptors (Lipinski definition) is 4. The largest absolute Gasteiger partial charge is 0.478 e. The Hall–Kier alpha value is -2.24. The lowest BCUT2D eigenvalue weighted by atomic mass is 10.1. The molecule has 1 aliphatic heterocycles. The number of aromatic carboxylic acids is 1. The van der Waals surface area contributed by atoms with Crippen LogP contribution in [-0.4, -0.2) is 42.9 Å². The second-order valence-corrected chi connectivity index (χ2v) is 6.03. The molecule has 0 aliphatic carbocycles. The maximum atomic E-state index is 12.3. The van der Waals surface area contributed by atoms with E-state index in [1.807, 2.05) is 11.9 Å². The number of rotatable bonds is 1. The first-order chi connectivity index (χ1) is 9.70. The Morgan fingerprint density at radius 3 is 2.48 bits per heavy atom. The minimum atomic E-state index is -1.01. The lowest BCUT2D eigenvalue weighted by molar-refractivity contribution is 0.0578. The predicted molar refractivity (Wildman–Crippen MR) is 80.3 cm³/mol. The van der Waals surface area contributed by atoms with Gasteiger partial charge >= 0.3 is 12.1 Å². The number of para-hydroxylation sites is 1. The van der Waals surface area contributed by atoms with E-state index in [1.165, 1.54) is 11.0 Å². The molecule has 0 atom stereocenters. The number of carboxylic acid groups (broad SMARTS) is 1. The molecule has 2 rings (SSSR count). The molecule has 0 aromatic heterocycles. The van der Waals surface area contributed by atoms with Crippen LogP contribution in [0.1, 0.15) is 31.1 Å². The van der Waals surface area contributed by atoms with E-state index in [4.69, 9.17) is 4.74 Å². The van der Waals surface area contributed by atoms with Gasteiger partial charge in [0.1, 0.15) is 5.60 Å². The van der Waals surface area contributed by atoms with Crippen LogP contribution in [0.15, 0.2) is 18.2 Å². The summed E-state index contributed by atoms with van der Waals surface area (Å²) in [6.07, 6.45) is -0.459. The molecule has 1 amide bonds. The van der Waals surface area contributed by atoms with Gasteiger partial charge in [0.25, 0.3) is 0 Å². The van der Waals surface area contributed by atoms with Crippen LogP contribution in [0.4, 0.5) is 16.2 Å². The summed E-state index contributed by atoms with van der Waals surface area (Å²) < 4.78 is 5.39. The lowest BCUT2D eigenvalue weighted by Crippen LogP contribution is -2.45. The first-order valence-corrected chi connectivity index (χ1v) is 6.78. The third kappa shape index (κ3) is 3.09.